The molecule has 158 valence electrons. The van der Waals surface area contributed by atoms with Crippen LogP contribution in [-0.4, -0.2) is 41.7 Å². The quantitative estimate of drug-likeness (QED) is 0.667. The van der Waals surface area contributed by atoms with Crippen molar-refractivity contribution in [1.82, 2.24) is 20.9 Å². The van der Waals surface area contributed by atoms with Crippen LogP contribution >= 0.6 is 0 Å². The molecule has 0 aliphatic carbocycles. The number of dihydropyridines is 1. The average molecular weight is 412 g/mol. The summed E-state index contributed by atoms with van der Waals surface area (Å²) in [4.78, 5) is 27.6. The normalized spacial score (nSPS) is 17.4. The molecule has 2 heterocycles. The number of aryl methyl sites for hydroxylation is 1. The van der Waals surface area contributed by atoms with Crippen LogP contribution in [0.25, 0.3) is 0 Å². The van der Waals surface area contributed by atoms with Gasteiger partial charge in [-0.15, -0.1) is 0 Å². The van der Waals surface area contributed by atoms with E-state index in [-0.39, 0.29) is 29.4 Å². The minimum atomic E-state index is -4.47. The summed E-state index contributed by atoms with van der Waals surface area (Å²) < 4.78 is 41.5. The molecule has 0 fully saturated rings. The molecule has 7 nitrogen and oxygen atoms in total. The Hall–Kier alpha value is -3.04. The zero-order valence-corrected chi connectivity index (χ0v) is 16.5. The number of rotatable bonds is 6. The van der Waals surface area contributed by atoms with Gasteiger partial charge in [-0.2, -0.15) is 13.2 Å². The maximum atomic E-state index is 12.5. The number of amides is 2. The van der Waals surface area contributed by atoms with E-state index in [1.165, 1.54) is 26.1 Å². The van der Waals surface area contributed by atoms with Gasteiger partial charge in [-0.05, 0) is 38.5 Å². The van der Waals surface area contributed by atoms with Gasteiger partial charge in [0.05, 0.1) is 11.6 Å². The van der Waals surface area contributed by atoms with Crippen molar-refractivity contribution in [2.45, 2.75) is 46.0 Å². The molecular weight excluding hydrogens is 389 g/mol. The van der Waals surface area contributed by atoms with Crippen LogP contribution in [-0.2, 0) is 4.79 Å². The second-order valence-corrected chi connectivity index (χ2v) is 6.78. The molecule has 0 aromatic carbocycles. The predicted molar refractivity (Wildman–Crippen MR) is 100 cm³/mol. The maximum absolute atomic E-state index is 12.5. The highest BCUT2D eigenvalue weighted by molar-refractivity contribution is 5.94. The van der Waals surface area contributed by atoms with Crippen LogP contribution in [0.2, 0.25) is 0 Å². The van der Waals surface area contributed by atoms with Gasteiger partial charge in [-0.1, -0.05) is 6.08 Å². The van der Waals surface area contributed by atoms with E-state index in [1.54, 1.807) is 13.0 Å². The third-order valence-corrected chi connectivity index (χ3v) is 3.96. The van der Waals surface area contributed by atoms with Crippen LogP contribution in [0.3, 0.4) is 0 Å². The number of hydrogen-bond donors (Lipinski definition) is 3. The third kappa shape index (κ3) is 6.81. The Balaban J connectivity index is 2.06. The number of aromatic nitrogens is 1. The van der Waals surface area contributed by atoms with Crippen molar-refractivity contribution in [1.29, 1.82) is 0 Å². The van der Waals surface area contributed by atoms with Crippen LogP contribution in [0, 0.1) is 6.92 Å². The number of alkyl halides is 3. The van der Waals surface area contributed by atoms with E-state index in [0.717, 1.165) is 5.57 Å². The number of halogens is 3. The van der Waals surface area contributed by atoms with Crippen molar-refractivity contribution < 1.29 is 27.5 Å². The Bertz CT molecular complexity index is 850. The summed E-state index contributed by atoms with van der Waals surface area (Å²) in [6, 6.07) is 0.987. The fraction of sp³-hybridized carbons (Fsp3) is 0.421. The van der Waals surface area contributed by atoms with Crippen molar-refractivity contribution in [2.75, 3.05) is 6.61 Å². The Kier molecular flexibility index (Phi) is 6.89. The lowest BCUT2D eigenvalue weighted by molar-refractivity contribution is -0.154. The molecule has 0 saturated carbocycles. The molecule has 1 aliphatic heterocycles. The summed E-state index contributed by atoms with van der Waals surface area (Å²) in [6.45, 7) is 5.14. The highest BCUT2D eigenvalue weighted by Gasteiger charge is 2.29. The number of carbonyl (C=O) groups excluding carboxylic acids is 2. The van der Waals surface area contributed by atoms with Crippen molar-refractivity contribution in [3.8, 4) is 5.88 Å². The Labute approximate surface area is 166 Å². The van der Waals surface area contributed by atoms with E-state index in [4.69, 9.17) is 0 Å². The van der Waals surface area contributed by atoms with Gasteiger partial charge >= 0.3 is 6.18 Å². The van der Waals surface area contributed by atoms with E-state index >= 15 is 0 Å². The van der Waals surface area contributed by atoms with Crippen LogP contribution in [0.5, 0.6) is 5.88 Å². The minimum absolute atomic E-state index is 0.0508. The van der Waals surface area contributed by atoms with E-state index in [1.807, 2.05) is 13.0 Å². The fourth-order valence-corrected chi connectivity index (χ4v) is 2.71. The molecule has 2 unspecified atom stereocenters. The van der Waals surface area contributed by atoms with Gasteiger partial charge in [0.1, 0.15) is 5.82 Å². The first-order chi connectivity index (χ1) is 13.4. The lowest BCUT2D eigenvalue weighted by atomic mass is 10.0. The van der Waals surface area contributed by atoms with Crippen molar-refractivity contribution in [3.63, 3.8) is 0 Å². The SMILES string of the molecule is CC(=O)NC1=CC(C(C)NC(=O)c2cnc(OCC(F)(F)F)c(C)c2)=CC(C)N1. The fourth-order valence-electron chi connectivity index (χ4n) is 2.71. The standard InChI is InChI=1S/C19H23F3N4O3/c1-10-5-15(8-23-18(10)29-9-19(20,21)22)17(28)25-12(3)14-6-11(2)24-16(7-14)26-13(4)27/h5-8,11-12,24H,9H2,1-4H3,(H,25,28)(H,26,27). The molecule has 0 radical (unpaired) electrons. The molecule has 0 saturated heterocycles. The predicted octanol–water partition coefficient (Wildman–Crippen LogP) is 2.35. The lowest BCUT2D eigenvalue weighted by Gasteiger charge is -2.25. The van der Waals surface area contributed by atoms with Gasteiger partial charge in [-0.3, -0.25) is 9.59 Å². The van der Waals surface area contributed by atoms with E-state index in [9.17, 15) is 22.8 Å². The first-order valence-electron chi connectivity index (χ1n) is 8.89. The van der Waals surface area contributed by atoms with Gasteiger partial charge < -0.3 is 20.7 Å². The van der Waals surface area contributed by atoms with Gasteiger partial charge in [0.2, 0.25) is 11.8 Å². The summed E-state index contributed by atoms with van der Waals surface area (Å²) in [6.07, 6.45) is 0.333. The Morgan fingerprint density at radius 3 is 2.66 bits per heavy atom. The molecule has 3 N–H and O–H groups in total. The van der Waals surface area contributed by atoms with Gasteiger partial charge in [0.15, 0.2) is 6.61 Å². The van der Waals surface area contributed by atoms with Crippen molar-refractivity contribution >= 4 is 11.8 Å². The average Bonchev–Trinajstić information content (AvgIpc) is 2.58. The largest absolute Gasteiger partial charge is 0.468 e. The maximum Gasteiger partial charge on any atom is 0.422 e. The molecular formula is C19H23F3N4O3. The van der Waals surface area contributed by atoms with Crippen LogP contribution in [0.4, 0.5) is 13.2 Å². The Morgan fingerprint density at radius 2 is 2.07 bits per heavy atom. The smallest absolute Gasteiger partial charge is 0.422 e. The highest BCUT2D eigenvalue weighted by atomic mass is 19.4. The van der Waals surface area contributed by atoms with Crippen LogP contribution in [0.15, 0.2) is 35.8 Å². The van der Waals surface area contributed by atoms with Gasteiger partial charge in [-0.25, -0.2) is 4.98 Å². The van der Waals surface area contributed by atoms with Gasteiger partial charge in [0, 0.05) is 24.7 Å². The number of hydrogen-bond acceptors (Lipinski definition) is 5. The zero-order chi connectivity index (χ0) is 21.8. The van der Waals surface area contributed by atoms with Crippen molar-refractivity contribution in [3.05, 3.63) is 46.9 Å². The molecule has 1 aromatic rings. The monoisotopic (exact) mass is 412 g/mol. The minimum Gasteiger partial charge on any atom is -0.468 e. The Morgan fingerprint density at radius 1 is 1.38 bits per heavy atom. The summed E-state index contributed by atoms with van der Waals surface area (Å²) >= 11 is 0. The van der Waals surface area contributed by atoms with Crippen LogP contribution in [0.1, 0.15) is 36.7 Å². The second kappa shape index (κ2) is 8.97. The van der Waals surface area contributed by atoms with E-state index in [2.05, 4.69) is 25.7 Å². The molecule has 1 aliphatic rings. The third-order valence-electron chi connectivity index (χ3n) is 3.96. The van der Waals surface area contributed by atoms with E-state index in [0.29, 0.717) is 11.4 Å². The number of ether oxygens (including phenoxy) is 1. The summed E-state index contributed by atoms with van der Waals surface area (Å²) in [7, 11) is 0. The molecule has 0 bridgehead atoms. The number of nitrogens with one attached hydrogen (secondary N) is 3. The molecule has 2 rings (SSSR count). The molecule has 29 heavy (non-hydrogen) atoms. The van der Waals surface area contributed by atoms with Gasteiger partial charge in [0.25, 0.3) is 5.91 Å². The van der Waals surface area contributed by atoms with Crippen LogP contribution < -0.4 is 20.7 Å². The first kappa shape index (κ1) is 22.3. The van der Waals surface area contributed by atoms with E-state index < -0.39 is 18.7 Å². The summed E-state index contributed by atoms with van der Waals surface area (Å²) in [5, 5.41) is 8.57. The molecule has 1 aromatic heterocycles. The number of carbonyl (C=O) groups is 2. The zero-order valence-electron chi connectivity index (χ0n) is 16.5. The lowest BCUT2D eigenvalue weighted by Crippen LogP contribution is -2.40. The summed E-state index contributed by atoms with van der Waals surface area (Å²) in [5.41, 5.74) is 1.31. The molecule has 2 amide bonds. The topological polar surface area (TPSA) is 92.4 Å². The molecule has 2 atom stereocenters. The number of nitrogens with zero attached hydrogens (tertiary/aromatic N) is 1. The molecule has 10 heteroatoms. The number of pyridine rings is 1. The summed E-state index contributed by atoms with van der Waals surface area (Å²) in [5.74, 6) is -0.294. The first-order valence-corrected chi connectivity index (χ1v) is 8.89. The second-order valence-electron chi connectivity index (χ2n) is 6.78. The molecule has 0 spiro atoms. The highest BCUT2D eigenvalue weighted by Crippen LogP contribution is 2.21. The van der Waals surface area contributed by atoms with Crippen molar-refractivity contribution in [2.24, 2.45) is 0 Å².